The lowest BCUT2D eigenvalue weighted by Crippen LogP contribution is -2.44. The lowest BCUT2D eigenvalue weighted by atomic mass is 9.85. The third-order valence-corrected chi connectivity index (χ3v) is 6.70. The van der Waals surface area contributed by atoms with Crippen LogP contribution in [0.3, 0.4) is 0 Å². The normalized spacial score (nSPS) is 18.5. The molecule has 1 N–H and O–H groups in total. The van der Waals surface area contributed by atoms with Crippen LogP contribution in [0.25, 0.3) is 0 Å². The highest BCUT2D eigenvalue weighted by Crippen LogP contribution is 2.28. The summed E-state index contributed by atoms with van der Waals surface area (Å²) in [6.07, 6.45) is 2.38. The van der Waals surface area contributed by atoms with E-state index in [9.17, 15) is 13.2 Å². The summed E-state index contributed by atoms with van der Waals surface area (Å²) in [5.74, 6) is 0.172. The van der Waals surface area contributed by atoms with Crippen LogP contribution in [0, 0.1) is 11.8 Å². The molecule has 1 aliphatic rings. The lowest BCUT2D eigenvalue weighted by Gasteiger charge is -2.31. The molecule has 0 aliphatic carbocycles. The van der Waals surface area contributed by atoms with Crippen LogP contribution in [-0.4, -0.2) is 38.0 Å². The second kappa shape index (κ2) is 8.31. The summed E-state index contributed by atoms with van der Waals surface area (Å²) in [6.45, 7) is 11.6. The summed E-state index contributed by atoms with van der Waals surface area (Å²) < 4.78 is 24.7. The van der Waals surface area contributed by atoms with Crippen molar-refractivity contribution in [2.24, 2.45) is 11.8 Å². The van der Waals surface area contributed by atoms with Crippen LogP contribution in [0.1, 0.15) is 64.6 Å². The van der Waals surface area contributed by atoms with Gasteiger partial charge in [0, 0.05) is 19.0 Å². The lowest BCUT2D eigenvalue weighted by molar-refractivity contribution is -0.127. The number of amides is 1. The first-order valence-electron chi connectivity index (χ1n) is 9.75. The largest absolute Gasteiger partial charge is 0.349 e. The molecule has 1 fully saturated rings. The number of benzene rings is 1. The summed E-state index contributed by atoms with van der Waals surface area (Å²) in [6, 6.07) is 8.46. The number of sulfonamides is 1. The monoisotopic (exact) mass is 394 g/mol. The molecule has 1 unspecified atom stereocenters. The molecule has 0 radical (unpaired) electrons. The molecule has 1 atom stereocenters. The molecule has 2 rings (SSSR count). The van der Waals surface area contributed by atoms with Gasteiger partial charge in [-0.25, -0.2) is 12.7 Å². The Bertz CT molecular complexity index is 741. The van der Waals surface area contributed by atoms with Gasteiger partial charge in [0.25, 0.3) is 0 Å². The van der Waals surface area contributed by atoms with E-state index in [1.54, 1.807) is 0 Å². The second-order valence-electron chi connectivity index (χ2n) is 9.04. The summed E-state index contributed by atoms with van der Waals surface area (Å²) in [7, 11) is -3.17. The van der Waals surface area contributed by atoms with Crippen molar-refractivity contribution in [2.75, 3.05) is 19.3 Å². The van der Waals surface area contributed by atoms with E-state index in [0.29, 0.717) is 25.9 Å². The fraction of sp³-hybridized carbons (Fsp3) is 0.667. The molecule has 1 heterocycles. The Morgan fingerprint density at radius 1 is 1.11 bits per heavy atom. The number of nitrogens with one attached hydrogen (secondary N) is 1. The number of rotatable bonds is 5. The van der Waals surface area contributed by atoms with Crippen LogP contribution in [0.2, 0.25) is 0 Å². The number of piperidine rings is 1. The third-order valence-electron chi connectivity index (χ3n) is 5.39. The molecule has 6 heteroatoms. The molecule has 1 amide bonds. The average Bonchev–Trinajstić information content (AvgIpc) is 2.58. The predicted molar refractivity (Wildman–Crippen MR) is 110 cm³/mol. The zero-order chi connectivity index (χ0) is 20.4. The fourth-order valence-electron chi connectivity index (χ4n) is 3.55. The molecule has 27 heavy (non-hydrogen) atoms. The molecule has 1 aromatic rings. The first-order valence-corrected chi connectivity index (χ1v) is 11.6. The van der Waals surface area contributed by atoms with E-state index in [1.807, 2.05) is 0 Å². The average molecular weight is 395 g/mol. The van der Waals surface area contributed by atoms with Gasteiger partial charge >= 0.3 is 0 Å². The van der Waals surface area contributed by atoms with Crippen molar-refractivity contribution in [3.05, 3.63) is 35.4 Å². The van der Waals surface area contributed by atoms with Gasteiger partial charge in [0.15, 0.2) is 0 Å². The Kier molecular flexibility index (Phi) is 6.74. The maximum atomic E-state index is 12.8. The van der Waals surface area contributed by atoms with Crippen molar-refractivity contribution < 1.29 is 13.2 Å². The standard InChI is InChI=1S/C21H34N2O3S/c1-15(2)19(16-7-9-18(10-8-16)21(3,4)5)22-20(24)17-11-13-23(14-12-17)27(6,25)26/h7-10,15,17,19H,11-14H2,1-6H3,(H,22,24). The first-order chi connectivity index (χ1) is 12.4. The molecule has 0 aromatic heterocycles. The smallest absolute Gasteiger partial charge is 0.223 e. The van der Waals surface area contributed by atoms with Crippen molar-refractivity contribution in [2.45, 2.75) is 58.9 Å². The molecule has 0 saturated carbocycles. The maximum absolute atomic E-state index is 12.8. The van der Waals surface area contributed by atoms with Gasteiger partial charge in [0.05, 0.1) is 12.3 Å². The van der Waals surface area contributed by atoms with Crippen LogP contribution in [-0.2, 0) is 20.2 Å². The van der Waals surface area contributed by atoms with Crippen LogP contribution in [0.15, 0.2) is 24.3 Å². The van der Waals surface area contributed by atoms with Gasteiger partial charge in [-0.1, -0.05) is 58.9 Å². The Labute approximate surface area is 164 Å². The summed E-state index contributed by atoms with van der Waals surface area (Å²) in [5, 5.41) is 3.21. The molecule has 0 bridgehead atoms. The zero-order valence-electron chi connectivity index (χ0n) is 17.5. The van der Waals surface area contributed by atoms with Gasteiger partial charge in [-0.05, 0) is 35.3 Å². The molecule has 1 saturated heterocycles. The summed E-state index contributed by atoms with van der Waals surface area (Å²) >= 11 is 0. The van der Waals surface area contributed by atoms with E-state index in [4.69, 9.17) is 0 Å². The van der Waals surface area contributed by atoms with Crippen LogP contribution in [0.5, 0.6) is 0 Å². The minimum absolute atomic E-state index is 0.0294. The molecule has 5 nitrogen and oxygen atoms in total. The molecule has 1 aromatic carbocycles. The number of hydrogen-bond acceptors (Lipinski definition) is 3. The summed E-state index contributed by atoms with van der Waals surface area (Å²) in [4.78, 5) is 12.8. The second-order valence-corrected chi connectivity index (χ2v) is 11.0. The van der Waals surface area contributed by atoms with E-state index < -0.39 is 10.0 Å². The molecular formula is C21H34N2O3S. The number of nitrogens with zero attached hydrogens (tertiary/aromatic N) is 1. The SMILES string of the molecule is CC(C)C(NC(=O)C1CCN(S(C)(=O)=O)CC1)c1ccc(C(C)(C)C)cc1. The van der Waals surface area contributed by atoms with E-state index in [0.717, 1.165) is 5.56 Å². The van der Waals surface area contributed by atoms with E-state index >= 15 is 0 Å². The van der Waals surface area contributed by atoms with Gasteiger partial charge in [0.1, 0.15) is 0 Å². The van der Waals surface area contributed by atoms with Crippen molar-refractivity contribution in [3.8, 4) is 0 Å². The number of carbonyl (C=O) groups is 1. The van der Waals surface area contributed by atoms with E-state index in [1.165, 1.54) is 16.1 Å². The van der Waals surface area contributed by atoms with Gasteiger partial charge in [0.2, 0.25) is 15.9 Å². The van der Waals surface area contributed by atoms with E-state index in [-0.39, 0.29) is 29.2 Å². The Morgan fingerprint density at radius 2 is 1.63 bits per heavy atom. The minimum Gasteiger partial charge on any atom is -0.349 e. The Hall–Kier alpha value is -1.40. The van der Waals surface area contributed by atoms with Crippen molar-refractivity contribution in [3.63, 3.8) is 0 Å². The quantitative estimate of drug-likeness (QED) is 0.831. The highest BCUT2D eigenvalue weighted by atomic mass is 32.2. The van der Waals surface area contributed by atoms with Gasteiger partial charge in [-0.2, -0.15) is 0 Å². The minimum atomic E-state index is -3.17. The van der Waals surface area contributed by atoms with Crippen LogP contribution < -0.4 is 5.32 Å². The zero-order valence-corrected chi connectivity index (χ0v) is 18.3. The van der Waals surface area contributed by atoms with Crippen molar-refractivity contribution >= 4 is 15.9 Å². The fourth-order valence-corrected chi connectivity index (χ4v) is 4.42. The van der Waals surface area contributed by atoms with Crippen molar-refractivity contribution in [1.29, 1.82) is 0 Å². The van der Waals surface area contributed by atoms with Crippen LogP contribution >= 0.6 is 0 Å². The number of hydrogen-bond donors (Lipinski definition) is 1. The highest BCUT2D eigenvalue weighted by molar-refractivity contribution is 7.88. The van der Waals surface area contributed by atoms with Gasteiger partial charge < -0.3 is 5.32 Å². The first kappa shape index (κ1) is 21.9. The predicted octanol–water partition coefficient (Wildman–Crippen LogP) is 3.47. The topological polar surface area (TPSA) is 66.5 Å². The Morgan fingerprint density at radius 3 is 2.04 bits per heavy atom. The van der Waals surface area contributed by atoms with Crippen molar-refractivity contribution in [1.82, 2.24) is 9.62 Å². The molecule has 0 spiro atoms. The maximum Gasteiger partial charge on any atom is 0.223 e. The number of carbonyl (C=O) groups excluding carboxylic acids is 1. The van der Waals surface area contributed by atoms with Crippen LogP contribution in [0.4, 0.5) is 0 Å². The highest BCUT2D eigenvalue weighted by Gasteiger charge is 2.30. The molecule has 1 aliphatic heterocycles. The van der Waals surface area contributed by atoms with E-state index in [2.05, 4.69) is 64.2 Å². The Balaban J connectivity index is 2.05. The molecular weight excluding hydrogens is 360 g/mol. The molecule has 152 valence electrons. The van der Waals surface area contributed by atoms with Gasteiger partial charge in [-0.3, -0.25) is 4.79 Å². The van der Waals surface area contributed by atoms with Gasteiger partial charge in [-0.15, -0.1) is 0 Å². The third kappa shape index (κ3) is 5.79. The summed E-state index contributed by atoms with van der Waals surface area (Å²) in [5.41, 5.74) is 2.48.